The number of hydrogen-bond acceptors (Lipinski definition) is 6. The van der Waals surface area contributed by atoms with Crippen molar-refractivity contribution in [3.8, 4) is 17.2 Å². The summed E-state index contributed by atoms with van der Waals surface area (Å²) in [6.45, 7) is -0.574. The highest BCUT2D eigenvalue weighted by Crippen LogP contribution is 2.36. The molecule has 0 aromatic heterocycles. The fourth-order valence-electron chi connectivity index (χ4n) is 2.00. The first-order valence-corrected chi connectivity index (χ1v) is 8.53. The minimum Gasteiger partial charge on any atom is -0.507 e. The second-order valence-corrected chi connectivity index (χ2v) is 6.40. The number of hydrazone groups is 1. The van der Waals surface area contributed by atoms with Crippen LogP contribution in [0.4, 0.5) is 0 Å². The molecule has 0 spiro atoms. The molecule has 0 heterocycles. The Balaban J connectivity index is 2.14. The summed E-state index contributed by atoms with van der Waals surface area (Å²) in [6, 6.07) is 7.40. The summed E-state index contributed by atoms with van der Waals surface area (Å²) in [5.74, 6) is -1.65. The van der Waals surface area contributed by atoms with Crippen LogP contribution in [0.1, 0.15) is 15.9 Å². The predicted molar refractivity (Wildman–Crippen MR) is 102 cm³/mol. The minimum atomic E-state index is -1.16. The molecule has 142 valence electrons. The molecule has 0 aliphatic heterocycles. The fraction of sp³-hybridized carbons (Fsp3) is 0.118. The molecule has 3 N–H and O–H groups in total. The van der Waals surface area contributed by atoms with Crippen molar-refractivity contribution >= 4 is 45.6 Å². The zero-order valence-corrected chi connectivity index (χ0v) is 16.2. The summed E-state index contributed by atoms with van der Waals surface area (Å²) >= 11 is 9.30. The molecule has 0 aliphatic carbocycles. The van der Waals surface area contributed by atoms with Crippen LogP contribution < -0.4 is 14.9 Å². The molecule has 0 bridgehead atoms. The van der Waals surface area contributed by atoms with Gasteiger partial charge in [0.15, 0.2) is 18.1 Å². The van der Waals surface area contributed by atoms with Crippen molar-refractivity contribution in [1.82, 2.24) is 5.43 Å². The second kappa shape index (κ2) is 9.24. The Kier molecular flexibility index (Phi) is 7.03. The standard InChI is InChI=1S/C17H14BrClN2O6/c1-26-14-5-9(4-12(19)16(14)27-8-15(23)24)7-20-21-17(25)11-6-10(18)2-3-13(11)22/h2-7,22H,8H2,1H3,(H,21,25)(H,23,24)/b20-7+. The molecule has 0 aliphatic rings. The third-order valence-corrected chi connectivity index (χ3v) is 3.95. The maximum absolute atomic E-state index is 12.1. The molecule has 0 atom stereocenters. The quantitative estimate of drug-likeness (QED) is 0.434. The molecule has 0 fully saturated rings. The number of amides is 1. The molecular formula is C17H14BrClN2O6. The first kappa shape index (κ1) is 20.5. The number of nitrogens with zero attached hydrogens (tertiary/aromatic N) is 1. The number of hydrogen-bond donors (Lipinski definition) is 3. The Morgan fingerprint density at radius 3 is 2.74 bits per heavy atom. The van der Waals surface area contributed by atoms with Crippen molar-refractivity contribution in [3.05, 3.63) is 51.0 Å². The van der Waals surface area contributed by atoms with E-state index in [9.17, 15) is 14.7 Å². The van der Waals surface area contributed by atoms with Gasteiger partial charge in [0, 0.05) is 4.47 Å². The molecular weight excluding hydrogens is 444 g/mol. The third-order valence-electron chi connectivity index (χ3n) is 3.17. The van der Waals surface area contributed by atoms with Crippen LogP contribution in [-0.4, -0.2) is 42.0 Å². The molecule has 10 heteroatoms. The van der Waals surface area contributed by atoms with E-state index in [4.69, 9.17) is 26.2 Å². The normalized spacial score (nSPS) is 10.6. The molecule has 2 aromatic rings. The Labute approximate surface area is 167 Å². The average molecular weight is 458 g/mol. The number of carboxylic acid groups (broad SMARTS) is 1. The maximum atomic E-state index is 12.1. The Morgan fingerprint density at radius 1 is 1.33 bits per heavy atom. The van der Waals surface area contributed by atoms with Crippen molar-refractivity contribution in [3.63, 3.8) is 0 Å². The number of phenols is 1. The van der Waals surface area contributed by atoms with Gasteiger partial charge in [0.25, 0.3) is 5.91 Å². The number of methoxy groups -OCH3 is 1. The van der Waals surface area contributed by atoms with E-state index in [1.165, 1.54) is 37.6 Å². The van der Waals surface area contributed by atoms with E-state index in [0.29, 0.717) is 10.0 Å². The van der Waals surface area contributed by atoms with E-state index < -0.39 is 18.5 Å². The Bertz CT molecular complexity index is 903. The van der Waals surface area contributed by atoms with Crippen LogP contribution in [0.15, 0.2) is 39.9 Å². The van der Waals surface area contributed by atoms with E-state index in [1.54, 1.807) is 6.07 Å². The van der Waals surface area contributed by atoms with Gasteiger partial charge in [-0.15, -0.1) is 0 Å². The summed E-state index contributed by atoms with van der Waals surface area (Å²) in [5, 5.41) is 22.3. The highest BCUT2D eigenvalue weighted by molar-refractivity contribution is 9.10. The lowest BCUT2D eigenvalue weighted by molar-refractivity contribution is -0.139. The molecule has 1 amide bonds. The zero-order chi connectivity index (χ0) is 20.0. The van der Waals surface area contributed by atoms with Crippen molar-refractivity contribution in [2.75, 3.05) is 13.7 Å². The summed E-state index contributed by atoms with van der Waals surface area (Å²) in [7, 11) is 1.37. The van der Waals surface area contributed by atoms with E-state index in [1.807, 2.05) is 0 Å². The van der Waals surface area contributed by atoms with Crippen molar-refractivity contribution < 1.29 is 29.3 Å². The number of carbonyl (C=O) groups excluding carboxylic acids is 1. The van der Waals surface area contributed by atoms with E-state index in [2.05, 4.69) is 26.5 Å². The van der Waals surface area contributed by atoms with Gasteiger partial charge in [0.2, 0.25) is 0 Å². The molecule has 0 unspecified atom stereocenters. The molecule has 8 nitrogen and oxygen atoms in total. The summed E-state index contributed by atoms with van der Waals surface area (Å²) in [5.41, 5.74) is 2.81. The topological polar surface area (TPSA) is 117 Å². The zero-order valence-electron chi connectivity index (χ0n) is 13.9. The number of carbonyl (C=O) groups is 2. The van der Waals surface area contributed by atoms with Gasteiger partial charge >= 0.3 is 5.97 Å². The van der Waals surface area contributed by atoms with Crippen LogP contribution in [0.5, 0.6) is 17.2 Å². The number of carboxylic acids is 1. The van der Waals surface area contributed by atoms with Gasteiger partial charge in [0.1, 0.15) is 5.75 Å². The number of rotatable bonds is 7. The average Bonchev–Trinajstić information content (AvgIpc) is 2.62. The highest BCUT2D eigenvalue weighted by Gasteiger charge is 2.14. The van der Waals surface area contributed by atoms with Crippen LogP contribution in [-0.2, 0) is 4.79 Å². The molecule has 2 rings (SSSR count). The number of nitrogens with one attached hydrogen (secondary N) is 1. The van der Waals surface area contributed by atoms with Gasteiger partial charge in [-0.05, 0) is 35.9 Å². The van der Waals surface area contributed by atoms with Gasteiger partial charge in [-0.25, -0.2) is 10.2 Å². The highest BCUT2D eigenvalue weighted by atomic mass is 79.9. The van der Waals surface area contributed by atoms with Crippen molar-refractivity contribution in [1.29, 1.82) is 0 Å². The predicted octanol–water partition coefficient (Wildman–Crippen LogP) is 3.04. The SMILES string of the molecule is COc1cc(/C=N/NC(=O)c2cc(Br)ccc2O)cc(Cl)c1OCC(=O)O. The number of aromatic hydroxyl groups is 1. The minimum absolute atomic E-state index is 0.0505. The number of benzene rings is 2. The number of aliphatic carboxylic acids is 1. The number of ether oxygens (including phenoxy) is 2. The van der Waals surface area contributed by atoms with Crippen molar-refractivity contribution in [2.24, 2.45) is 5.10 Å². The van der Waals surface area contributed by atoms with Crippen LogP contribution >= 0.6 is 27.5 Å². The van der Waals surface area contributed by atoms with Gasteiger partial charge in [-0.1, -0.05) is 27.5 Å². The summed E-state index contributed by atoms with van der Waals surface area (Å²) in [4.78, 5) is 22.7. The molecule has 0 saturated heterocycles. The van der Waals surface area contributed by atoms with Gasteiger partial charge in [-0.2, -0.15) is 5.10 Å². The smallest absolute Gasteiger partial charge is 0.341 e. The monoisotopic (exact) mass is 456 g/mol. The van der Waals surface area contributed by atoms with Gasteiger partial charge in [-0.3, -0.25) is 4.79 Å². The molecule has 27 heavy (non-hydrogen) atoms. The van der Waals surface area contributed by atoms with E-state index >= 15 is 0 Å². The van der Waals surface area contributed by atoms with E-state index in [0.717, 1.165) is 0 Å². The first-order valence-electron chi connectivity index (χ1n) is 7.36. The lowest BCUT2D eigenvalue weighted by Gasteiger charge is -2.11. The van der Waals surface area contributed by atoms with E-state index in [-0.39, 0.29) is 27.8 Å². The molecule has 0 saturated carbocycles. The lowest BCUT2D eigenvalue weighted by Crippen LogP contribution is -2.17. The largest absolute Gasteiger partial charge is 0.507 e. The van der Waals surface area contributed by atoms with Crippen LogP contribution in [0, 0.1) is 0 Å². The Morgan fingerprint density at radius 2 is 2.07 bits per heavy atom. The van der Waals surface area contributed by atoms with Crippen LogP contribution in [0.2, 0.25) is 5.02 Å². The number of phenolic OH excluding ortho intramolecular Hbond substituents is 1. The van der Waals surface area contributed by atoms with Crippen LogP contribution in [0.25, 0.3) is 0 Å². The fourth-order valence-corrected chi connectivity index (χ4v) is 2.64. The second-order valence-electron chi connectivity index (χ2n) is 5.08. The third kappa shape index (κ3) is 5.60. The van der Waals surface area contributed by atoms with Gasteiger partial charge in [0.05, 0.1) is 23.9 Å². The Hall–Kier alpha value is -2.78. The summed E-state index contributed by atoms with van der Waals surface area (Å²) in [6.07, 6.45) is 1.31. The lowest BCUT2D eigenvalue weighted by atomic mass is 10.2. The number of halogens is 2. The first-order chi connectivity index (χ1) is 12.8. The molecule has 2 aromatic carbocycles. The van der Waals surface area contributed by atoms with Crippen molar-refractivity contribution in [2.45, 2.75) is 0 Å². The van der Waals surface area contributed by atoms with Gasteiger partial charge < -0.3 is 19.7 Å². The summed E-state index contributed by atoms with van der Waals surface area (Å²) < 4.78 is 10.9. The molecule has 0 radical (unpaired) electrons. The maximum Gasteiger partial charge on any atom is 0.341 e. The van der Waals surface area contributed by atoms with Crippen LogP contribution in [0.3, 0.4) is 0 Å².